The Morgan fingerprint density at radius 1 is 1.00 bits per heavy atom. The van der Waals surface area contributed by atoms with Crippen molar-refractivity contribution in [1.29, 1.82) is 0 Å². The van der Waals surface area contributed by atoms with Crippen LogP contribution in [0.4, 0.5) is 0 Å². The molecule has 0 saturated carbocycles. The fourth-order valence-corrected chi connectivity index (χ4v) is 2.31. The van der Waals surface area contributed by atoms with Gasteiger partial charge in [-0.15, -0.1) is 0 Å². The first kappa shape index (κ1) is 13.1. The van der Waals surface area contributed by atoms with Crippen LogP contribution in [-0.2, 0) is 0 Å². The lowest BCUT2D eigenvalue weighted by Crippen LogP contribution is -2.26. The molecule has 21 heavy (non-hydrogen) atoms. The Hall–Kier alpha value is -2.88. The maximum absolute atomic E-state index is 12.0. The summed E-state index contributed by atoms with van der Waals surface area (Å²) >= 11 is 0. The molecule has 1 aromatic heterocycles. The van der Waals surface area contributed by atoms with Gasteiger partial charge in [0, 0.05) is 12.7 Å². The summed E-state index contributed by atoms with van der Waals surface area (Å²) in [5.74, 6) is -0.388. The van der Waals surface area contributed by atoms with Crippen LogP contribution in [0.1, 0.15) is 10.4 Å². The van der Waals surface area contributed by atoms with Crippen LogP contribution < -0.4 is 10.9 Å². The largest absolute Gasteiger partial charge is 0.355 e. The zero-order chi connectivity index (χ0) is 14.8. The molecule has 0 fully saturated rings. The number of pyridine rings is 1. The Kier molecular flexibility index (Phi) is 3.28. The van der Waals surface area contributed by atoms with E-state index < -0.39 is 0 Å². The summed E-state index contributed by atoms with van der Waals surface area (Å²) in [4.78, 5) is 26.2. The second-order valence-corrected chi connectivity index (χ2v) is 4.76. The Bertz CT molecular complexity index is 881. The van der Waals surface area contributed by atoms with Crippen LogP contribution in [-0.4, -0.2) is 17.9 Å². The van der Waals surface area contributed by atoms with E-state index in [-0.39, 0.29) is 17.0 Å². The predicted molar refractivity (Wildman–Crippen MR) is 83.4 cm³/mol. The Labute approximate surface area is 121 Å². The summed E-state index contributed by atoms with van der Waals surface area (Å²) in [6.07, 6.45) is 0. The second-order valence-electron chi connectivity index (χ2n) is 4.76. The van der Waals surface area contributed by atoms with E-state index >= 15 is 0 Å². The van der Waals surface area contributed by atoms with Crippen molar-refractivity contribution in [3.63, 3.8) is 0 Å². The van der Waals surface area contributed by atoms with E-state index in [1.807, 2.05) is 42.5 Å². The summed E-state index contributed by atoms with van der Waals surface area (Å²) < 4.78 is 0. The molecule has 0 atom stereocenters. The fraction of sp³-hybridized carbons (Fsp3) is 0.0588. The van der Waals surface area contributed by atoms with Crippen molar-refractivity contribution in [1.82, 2.24) is 10.3 Å². The fourth-order valence-electron chi connectivity index (χ4n) is 2.31. The van der Waals surface area contributed by atoms with Gasteiger partial charge in [0.2, 0.25) is 0 Å². The second kappa shape index (κ2) is 5.25. The van der Waals surface area contributed by atoms with Gasteiger partial charge in [0.1, 0.15) is 5.56 Å². The number of aromatic nitrogens is 1. The number of hydrogen-bond acceptors (Lipinski definition) is 2. The SMILES string of the molecule is CNC(=O)c1ccc(-c2ccc3ccccc3c2)[nH]c1=O. The summed E-state index contributed by atoms with van der Waals surface area (Å²) in [5.41, 5.74) is 1.33. The van der Waals surface area contributed by atoms with E-state index in [0.29, 0.717) is 5.69 Å². The quantitative estimate of drug-likeness (QED) is 0.756. The molecular weight excluding hydrogens is 264 g/mol. The highest BCUT2D eigenvalue weighted by Gasteiger charge is 2.09. The molecular formula is C17H14N2O2. The molecule has 3 rings (SSSR count). The van der Waals surface area contributed by atoms with Gasteiger partial charge in [0.25, 0.3) is 11.5 Å². The number of amides is 1. The predicted octanol–water partition coefficient (Wildman–Crippen LogP) is 2.55. The lowest BCUT2D eigenvalue weighted by molar-refractivity contribution is 0.0961. The van der Waals surface area contributed by atoms with Crippen LogP contribution >= 0.6 is 0 Å². The standard InChI is InChI=1S/C17H14N2O2/c1-18-16(20)14-8-9-15(19-17(14)21)13-7-6-11-4-2-3-5-12(11)10-13/h2-10H,1H3,(H,18,20)(H,19,21). The summed E-state index contributed by atoms with van der Waals surface area (Å²) in [6.45, 7) is 0. The van der Waals surface area contributed by atoms with Gasteiger partial charge in [-0.25, -0.2) is 0 Å². The van der Waals surface area contributed by atoms with Crippen LogP contribution in [0, 0.1) is 0 Å². The monoisotopic (exact) mass is 278 g/mol. The lowest BCUT2D eigenvalue weighted by atomic mass is 10.0. The molecule has 0 bridgehead atoms. The molecule has 2 N–H and O–H groups in total. The molecule has 0 spiro atoms. The molecule has 0 aliphatic heterocycles. The van der Waals surface area contributed by atoms with Crippen molar-refractivity contribution >= 4 is 16.7 Å². The number of nitrogens with one attached hydrogen (secondary N) is 2. The molecule has 0 radical (unpaired) electrons. The summed E-state index contributed by atoms with van der Waals surface area (Å²) in [6, 6.07) is 17.3. The highest BCUT2D eigenvalue weighted by atomic mass is 16.2. The first-order chi connectivity index (χ1) is 10.2. The molecule has 0 aliphatic carbocycles. The first-order valence-corrected chi connectivity index (χ1v) is 6.63. The number of carbonyl (C=O) groups is 1. The van der Waals surface area contributed by atoms with E-state index in [9.17, 15) is 9.59 Å². The van der Waals surface area contributed by atoms with Crippen molar-refractivity contribution in [3.8, 4) is 11.3 Å². The van der Waals surface area contributed by atoms with Gasteiger partial charge < -0.3 is 10.3 Å². The van der Waals surface area contributed by atoms with Crippen LogP contribution in [0.2, 0.25) is 0 Å². The summed E-state index contributed by atoms with van der Waals surface area (Å²) in [5, 5.41) is 4.69. The minimum Gasteiger partial charge on any atom is -0.355 e. The van der Waals surface area contributed by atoms with Crippen molar-refractivity contribution in [2.45, 2.75) is 0 Å². The number of aromatic amines is 1. The highest BCUT2D eigenvalue weighted by molar-refractivity contribution is 5.94. The van der Waals surface area contributed by atoms with Crippen LogP contribution in [0.3, 0.4) is 0 Å². The molecule has 1 heterocycles. The Morgan fingerprint density at radius 2 is 1.76 bits per heavy atom. The van der Waals surface area contributed by atoms with Gasteiger partial charge in [0.05, 0.1) is 0 Å². The van der Waals surface area contributed by atoms with Gasteiger partial charge in [-0.2, -0.15) is 0 Å². The van der Waals surface area contributed by atoms with E-state index in [2.05, 4.69) is 10.3 Å². The molecule has 1 amide bonds. The van der Waals surface area contributed by atoms with Crippen molar-refractivity contribution in [2.75, 3.05) is 7.05 Å². The van der Waals surface area contributed by atoms with Crippen molar-refractivity contribution in [2.24, 2.45) is 0 Å². The van der Waals surface area contributed by atoms with Crippen LogP contribution in [0.25, 0.3) is 22.0 Å². The van der Waals surface area contributed by atoms with Gasteiger partial charge in [-0.3, -0.25) is 9.59 Å². The highest BCUT2D eigenvalue weighted by Crippen LogP contribution is 2.22. The van der Waals surface area contributed by atoms with Crippen molar-refractivity contribution < 1.29 is 4.79 Å². The van der Waals surface area contributed by atoms with E-state index in [1.165, 1.54) is 7.05 Å². The average Bonchev–Trinajstić information content (AvgIpc) is 2.53. The molecule has 104 valence electrons. The molecule has 2 aromatic carbocycles. The molecule has 0 unspecified atom stereocenters. The maximum atomic E-state index is 12.0. The van der Waals surface area contributed by atoms with Crippen LogP contribution in [0.15, 0.2) is 59.4 Å². The average molecular weight is 278 g/mol. The Morgan fingerprint density at radius 3 is 2.48 bits per heavy atom. The summed E-state index contributed by atoms with van der Waals surface area (Å²) in [7, 11) is 1.50. The van der Waals surface area contributed by atoms with Gasteiger partial charge >= 0.3 is 0 Å². The first-order valence-electron chi connectivity index (χ1n) is 6.63. The van der Waals surface area contributed by atoms with E-state index in [4.69, 9.17) is 0 Å². The number of fused-ring (bicyclic) bond motifs is 1. The lowest BCUT2D eigenvalue weighted by Gasteiger charge is -2.05. The normalized spacial score (nSPS) is 10.5. The number of benzene rings is 2. The van der Waals surface area contributed by atoms with Gasteiger partial charge in [0.15, 0.2) is 0 Å². The number of rotatable bonds is 2. The smallest absolute Gasteiger partial charge is 0.261 e. The molecule has 4 heteroatoms. The van der Waals surface area contributed by atoms with Crippen molar-refractivity contribution in [3.05, 3.63) is 70.5 Å². The third-order valence-corrected chi connectivity index (χ3v) is 3.44. The molecule has 4 nitrogen and oxygen atoms in total. The maximum Gasteiger partial charge on any atom is 0.261 e. The molecule has 0 aliphatic rings. The molecule has 3 aromatic rings. The third kappa shape index (κ3) is 2.43. The van der Waals surface area contributed by atoms with Gasteiger partial charge in [-0.05, 0) is 34.5 Å². The van der Waals surface area contributed by atoms with E-state index in [1.54, 1.807) is 12.1 Å². The Balaban J connectivity index is 2.08. The minimum absolute atomic E-state index is 0.113. The number of H-pyrrole nitrogens is 1. The van der Waals surface area contributed by atoms with E-state index in [0.717, 1.165) is 16.3 Å². The number of carbonyl (C=O) groups excluding carboxylic acids is 1. The molecule has 0 saturated heterocycles. The minimum atomic E-state index is -0.389. The van der Waals surface area contributed by atoms with Crippen LogP contribution in [0.5, 0.6) is 0 Å². The number of hydrogen-bond donors (Lipinski definition) is 2. The van der Waals surface area contributed by atoms with Gasteiger partial charge in [-0.1, -0.05) is 36.4 Å². The zero-order valence-electron chi connectivity index (χ0n) is 11.5. The topological polar surface area (TPSA) is 62.0 Å². The third-order valence-electron chi connectivity index (χ3n) is 3.44. The zero-order valence-corrected chi connectivity index (χ0v) is 11.5.